The van der Waals surface area contributed by atoms with Crippen LogP contribution in [0.3, 0.4) is 0 Å². The molecule has 0 aliphatic heterocycles. The second kappa shape index (κ2) is 6.21. The summed E-state index contributed by atoms with van der Waals surface area (Å²) in [5.41, 5.74) is -2.02. The first-order chi connectivity index (χ1) is 8.76. The molecule has 0 aliphatic carbocycles. The number of benzene rings is 1. The van der Waals surface area contributed by atoms with E-state index in [-0.39, 0.29) is 6.54 Å². The second-order valence-electron chi connectivity index (χ2n) is 4.40. The Morgan fingerprint density at radius 3 is 2.37 bits per heavy atom. The van der Waals surface area contributed by atoms with Gasteiger partial charge >= 0.3 is 5.97 Å². The van der Waals surface area contributed by atoms with Gasteiger partial charge in [-0.15, -0.1) is 0 Å². The van der Waals surface area contributed by atoms with Crippen LogP contribution in [0.1, 0.15) is 17.3 Å². The normalized spacial score (nSPS) is 13.9. The summed E-state index contributed by atoms with van der Waals surface area (Å²) in [5, 5.41) is 21.0. The van der Waals surface area contributed by atoms with Crippen LogP contribution in [0, 0.1) is 11.6 Å². The first-order valence-corrected chi connectivity index (χ1v) is 6.84. The molecule has 0 fully saturated rings. The van der Waals surface area contributed by atoms with E-state index in [1.54, 1.807) is 6.26 Å². The van der Waals surface area contributed by atoms with Gasteiger partial charge in [0.25, 0.3) is 0 Å². The third kappa shape index (κ3) is 4.36. The van der Waals surface area contributed by atoms with Crippen LogP contribution in [0.2, 0.25) is 0 Å². The van der Waals surface area contributed by atoms with Gasteiger partial charge in [0, 0.05) is 12.3 Å². The lowest BCUT2D eigenvalue weighted by atomic mass is 10.1. The van der Waals surface area contributed by atoms with Crippen molar-refractivity contribution in [1.82, 2.24) is 0 Å². The zero-order chi connectivity index (χ0) is 14.6. The third-order valence-electron chi connectivity index (χ3n) is 2.39. The van der Waals surface area contributed by atoms with Gasteiger partial charge in [-0.05, 0) is 25.3 Å². The van der Waals surface area contributed by atoms with E-state index in [1.165, 1.54) is 18.7 Å². The molecule has 0 amide bonds. The molecule has 0 heterocycles. The number of aliphatic hydroxyl groups is 1. The van der Waals surface area contributed by atoms with Gasteiger partial charge in [0.2, 0.25) is 0 Å². The number of halogens is 2. The van der Waals surface area contributed by atoms with Crippen LogP contribution in [-0.4, -0.2) is 40.3 Å². The molecule has 1 aromatic rings. The predicted molar refractivity (Wildman–Crippen MR) is 70.8 cm³/mol. The van der Waals surface area contributed by atoms with Crippen LogP contribution >= 0.6 is 11.8 Å². The zero-order valence-electron chi connectivity index (χ0n) is 10.5. The molecule has 0 saturated heterocycles. The van der Waals surface area contributed by atoms with Gasteiger partial charge in [0.15, 0.2) is 0 Å². The van der Waals surface area contributed by atoms with Crippen molar-refractivity contribution in [2.24, 2.45) is 0 Å². The number of nitrogens with one attached hydrogen (secondary N) is 1. The number of thioether (sulfide) groups is 1. The Morgan fingerprint density at radius 2 is 1.95 bits per heavy atom. The number of aromatic carboxylic acids is 1. The molecule has 3 N–H and O–H groups in total. The van der Waals surface area contributed by atoms with Crippen molar-refractivity contribution in [3.05, 3.63) is 29.3 Å². The molecule has 1 aromatic carbocycles. The molecule has 1 atom stereocenters. The van der Waals surface area contributed by atoms with E-state index in [9.17, 15) is 18.7 Å². The molecular formula is C12H15F2NO3S. The van der Waals surface area contributed by atoms with Gasteiger partial charge in [-0.25, -0.2) is 13.6 Å². The Kier molecular flexibility index (Phi) is 5.13. The van der Waals surface area contributed by atoms with Crippen LogP contribution in [0.5, 0.6) is 0 Å². The predicted octanol–water partition coefficient (Wildman–Crippen LogP) is 2.19. The second-order valence-corrected chi connectivity index (χ2v) is 5.27. The molecule has 0 aliphatic rings. The summed E-state index contributed by atoms with van der Waals surface area (Å²) in [4.78, 5) is 10.6. The first kappa shape index (κ1) is 15.7. The van der Waals surface area contributed by atoms with E-state index in [2.05, 4.69) is 5.32 Å². The van der Waals surface area contributed by atoms with Gasteiger partial charge in [0.1, 0.15) is 17.3 Å². The Balaban J connectivity index is 2.88. The van der Waals surface area contributed by atoms with Crippen molar-refractivity contribution in [3.8, 4) is 0 Å². The molecule has 0 radical (unpaired) electrons. The smallest absolute Gasteiger partial charge is 0.335 e. The number of anilines is 1. The standard InChI is InChI=1S/C12H15F2NO3S/c1-12(18,6-19-2)5-15-10-8(13)3-7(11(16)17)4-9(10)14/h3-4,15,18H,5-6H2,1-2H3,(H,16,17). The summed E-state index contributed by atoms with van der Waals surface area (Å²) in [7, 11) is 0. The Morgan fingerprint density at radius 1 is 1.42 bits per heavy atom. The molecule has 0 aromatic heterocycles. The van der Waals surface area contributed by atoms with Crippen LogP contribution in [0.15, 0.2) is 12.1 Å². The molecule has 0 spiro atoms. The lowest BCUT2D eigenvalue weighted by Crippen LogP contribution is -2.36. The van der Waals surface area contributed by atoms with E-state index in [0.29, 0.717) is 5.75 Å². The monoisotopic (exact) mass is 291 g/mol. The fourth-order valence-corrected chi connectivity index (χ4v) is 2.23. The fourth-order valence-electron chi connectivity index (χ4n) is 1.51. The quantitative estimate of drug-likeness (QED) is 0.749. The summed E-state index contributed by atoms with van der Waals surface area (Å²) < 4.78 is 27.2. The van der Waals surface area contributed by atoms with Crippen molar-refractivity contribution in [1.29, 1.82) is 0 Å². The minimum Gasteiger partial charge on any atom is -0.478 e. The van der Waals surface area contributed by atoms with Crippen LogP contribution in [0.4, 0.5) is 14.5 Å². The molecule has 1 rings (SSSR count). The maximum absolute atomic E-state index is 13.6. The van der Waals surface area contributed by atoms with Gasteiger partial charge < -0.3 is 15.5 Å². The fraction of sp³-hybridized carbons (Fsp3) is 0.417. The summed E-state index contributed by atoms with van der Waals surface area (Å²) in [6.45, 7) is 1.49. The summed E-state index contributed by atoms with van der Waals surface area (Å²) in [6.07, 6.45) is 1.80. The van der Waals surface area contributed by atoms with E-state index < -0.39 is 34.5 Å². The molecule has 0 saturated carbocycles. The largest absolute Gasteiger partial charge is 0.478 e. The zero-order valence-corrected chi connectivity index (χ0v) is 11.4. The highest BCUT2D eigenvalue weighted by Crippen LogP contribution is 2.22. The highest BCUT2D eigenvalue weighted by atomic mass is 32.2. The van der Waals surface area contributed by atoms with E-state index in [0.717, 1.165) is 12.1 Å². The maximum Gasteiger partial charge on any atom is 0.335 e. The Hall–Kier alpha value is -1.34. The molecule has 1 unspecified atom stereocenters. The maximum atomic E-state index is 13.6. The highest BCUT2D eigenvalue weighted by molar-refractivity contribution is 7.98. The minimum absolute atomic E-state index is 0.0475. The number of hydrogen-bond donors (Lipinski definition) is 3. The summed E-state index contributed by atoms with van der Waals surface area (Å²) in [5.74, 6) is -3.01. The van der Waals surface area contributed by atoms with Crippen LogP contribution in [-0.2, 0) is 0 Å². The van der Waals surface area contributed by atoms with E-state index in [1.807, 2.05) is 0 Å². The molecule has 19 heavy (non-hydrogen) atoms. The molecule has 106 valence electrons. The van der Waals surface area contributed by atoms with E-state index >= 15 is 0 Å². The summed E-state index contributed by atoms with van der Waals surface area (Å²) in [6, 6.07) is 1.47. The number of carboxylic acids is 1. The van der Waals surface area contributed by atoms with Crippen LogP contribution < -0.4 is 5.32 Å². The topological polar surface area (TPSA) is 69.6 Å². The van der Waals surface area contributed by atoms with Crippen molar-refractivity contribution >= 4 is 23.4 Å². The number of carbonyl (C=O) groups is 1. The third-order valence-corrected chi connectivity index (χ3v) is 3.30. The summed E-state index contributed by atoms with van der Waals surface area (Å²) >= 11 is 1.40. The highest BCUT2D eigenvalue weighted by Gasteiger charge is 2.21. The lowest BCUT2D eigenvalue weighted by molar-refractivity contribution is 0.0695. The van der Waals surface area contributed by atoms with Crippen LogP contribution in [0.25, 0.3) is 0 Å². The van der Waals surface area contributed by atoms with Crippen molar-refractivity contribution in [2.75, 3.05) is 23.9 Å². The van der Waals surface area contributed by atoms with Gasteiger partial charge in [0.05, 0.1) is 11.2 Å². The average molecular weight is 291 g/mol. The number of carboxylic acid groups (broad SMARTS) is 1. The average Bonchev–Trinajstić information content (AvgIpc) is 2.27. The minimum atomic E-state index is -1.40. The SMILES string of the molecule is CSCC(C)(O)CNc1c(F)cc(C(=O)O)cc1F. The van der Waals surface area contributed by atoms with Gasteiger partial charge in [-0.2, -0.15) is 11.8 Å². The Bertz CT molecular complexity index is 457. The number of rotatable bonds is 6. The van der Waals surface area contributed by atoms with Gasteiger partial charge in [-0.3, -0.25) is 0 Å². The molecular weight excluding hydrogens is 276 g/mol. The van der Waals surface area contributed by atoms with Gasteiger partial charge in [-0.1, -0.05) is 0 Å². The molecule has 4 nitrogen and oxygen atoms in total. The van der Waals surface area contributed by atoms with E-state index in [4.69, 9.17) is 5.11 Å². The molecule has 0 bridgehead atoms. The van der Waals surface area contributed by atoms with Crippen molar-refractivity contribution in [3.63, 3.8) is 0 Å². The lowest BCUT2D eigenvalue weighted by Gasteiger charge is -2.23. The number of hydrogen-bond acceptors (Lipinski definition) is 4. The van der Waals surface area contributed by atoms with Crippen molar-refractivity contribution in [2.45, 2.75) is 12.5 Å². The molecule has 7 heteroatoms. The Labute approximate surface area is 113 Å². The first-order valence-electron chi connectivity index (χ1n) is 5.44. The van der Waals surface area contributed by atoms with Crippen molar-refractivity contribution < 1.29 is 23.8 Å².